The summed E-state index contributed by atoms with van der Waals surface area (Å²) in [6.07, 6.45) is -1.17. The predicted octanol–water partition coefficient (Wildman–Crippen LogP) is 2.29. The van der Waals surface area contributed by atoms with Gasteiger partial charge in [-0.3, -0.25) is 9.59 Å². The summed E-state index contributed by atoms with van der Waals surface area (Å²) < 4.78 is 13.2. The first-order chi connectivity index (χ1) is 12.7. The van der Waals surface area contributed by atoms with Gasteiger partial charge in [0.2, 0.25) is 5.91 Å². The summed E-state index contributed by atoms with van der Waals surface area (Å²) in [4.78, 5) is 24.9. The van der Waals surface area contributed by atoms with Gasteiger partial charge < -0.3 is 20.2 Å². The summed E-state index contributed by atoms with van der Waals surface area (Å²) in [6.45, 7) is 3.87. The Labute approximate surface area is 158 Å². The molecule has 0 radical (unpaired) electrons. The molecule has 1 aromatic rings. The van der Waals surface area contributed by atoms with E-state index in [1.807, 2.05) is 18.7 Å². The summed E-state index contributed by atoms with van der Waals surface area (Å²) in [5.41, 5.74) is 0.887. The number of nitrogens with zero attached hydrogens (tertiary/aromatic N) is 1. The Balaban J connectivity index is 2.07. The number of aliphatic hydroxyl groups excluding tert-OH is 2. The number of hydrogen-bond acceptors (Lipinski definition) is 4. The van der Waals surface area contributed by atoms with Crippen LogP contribution >= 0.6 is 0 Å². The maximum Gasteiger partial charge on any atom is 0.305 e. The van der Waals surface area contributed by atoms with E-state index in [9.17, 15) is 24.2 Å². The quantitative estimate of drug-likeness (QED) is 0.610. The summed E-state index contributed by atoms with van der Waals surface area (Å²) in [7, 11) is 0. The van der Waals surface area contributed by atoms with Crippen molar-refractivity contribution in [3.8, 4) is 0 Å². The van der Waals surface area contributed by atoms with E-state index in [0.717, 1.165) is 5.56 Å². The zero-order valence-electron chi connectivity index (χ0n) is 15.7. The van der Waals surface area contributed by atoms with Crippen LogP contribution < -0.4 is 0 Å². The third-order valence-corrected chi connectivity index (χ3v) is 5.11. The van der Waals surface area contributed by atoms with Crippen molar-refractivity contribution in [1.82, 2.24) is 4.90 Å². The van der Waals surface area contributed by atoms with Crippen LogP contribution in [0.5, 0.6) is 0 Å². The number of carboxylic acids is 1. The van der Waals surface area contributed by atoms with Gasteiger partial charge in [-0.05, 0) is 50.8 Å². The fraction of sp³-hybridized carbons (Fsp3) is 0.600. The topological polar surface area (TPSA) is 98.1 Å². The number of amides is 1. The molecule has 0 saturated carbocycles. The molecule has 1 aliphatic heterocycles. The van der Waals surface area contributed by atoms with Crippen molar-refractivity contribution in [2.75, 3.05) is 0 Å². The van der Waals surface area contributed by atoms with Crippen molar-refractivity contribution < 1.29 is 29.3 Å². The van der Waals surface area contributed by atoms with Crippen LogP contribution in [0.2, 0.25) is 0 Å². The standard InChI is InChI=1S/C20H28FNO5/c1-12(2)22-18(8-7-15(23)9-16(24)10-20(26)27)17(11-19(22)25)13-3-5-14(21)6-4-13/h3-6,12,15-18,23-24H,7-11H2,1-2H3,(H,26,27)/t15-,16+,17-,18-/m0/s1. The molecule has 1 heterocycles. The van der Waals surface area contributed by atoms with E-state index in [0.29, 0.717) is 19.3 Å². The van der Waals surface area contributed by atoms with E-state index < -0.39 is 24.6 Å². The van der Waals surface area contributed by atoms with Gasteiger partial charge in [-0.15, -0.1) is 0 Å². The monoisotopic (exact) mass is 381 g/mol. The first kappa shape index (κ1) is 21.3. The first-order valence-electron chi connectivity index (χ1n) is 9.33. The van der Waals surface area contributed by atoms with Gasteiger partial charge in [0.15, 0.2) is 0 Å². The average molecular weight is 381 g/mol. The smallest absolute Gasteiger partial charge is 0.305 e. The third kappa shape index (κ3) is 5.74. The number of likely N-dealkylation sites (tertiary alicyclic amines) is 1. The molecule has 6 nitrogen and oxygen atoms in total. The van der Waals surface area contributed by atoms with Crippen molar-refractivity contribution in [2.24, 2.45) is 0 Å². The summed E-state index contributed by atoms with van der Waals surface area (Å²) in [6, 6.07) is 6.02. The maximum atomic E-state index is 13.2. The lowest BCUT2D eigenvalue weighted by Crippen LogP contribution is -2.40. The van der Waals surface area contributed by atoms with Gasteiger partial charge in [-0.2, -0.15) is 0 Å². The van der Waals surface area contributed by atoms with Crippen molar-refractivity contribution in [3.63, 3.8) is 0 Å². The van der Waals surface area contributed by atoms with Gasteiger partial charge in [0, 0.05) is 24.4 Å². The molecule has 0 unspecified atom stereocenters. The second kappa shape index (κ2) is 9.28. The third-order valence-electron chi connectivity index (χ3n) is 5.11. The summed E-state index contributed by atoms with van der Waals surface area (Å²) in [5, 5.41) is 28.5. The Morgan fingerprint density at radius 2 is 1.85 bits per heavy atom. The van der Waals surface area contributed by atoms with Crippen LogP contribution in [-0.2, 0) is 9.59 Å². The number of carbonyl (C=O) groups excluding carboxylic acids is 1. The van der Waals surface area contributed by atoms with Crippen LogP contribution in [0, 0.1) is 5.82 Å². The lowest BCUT2D eigenvalue weighted by Gasteiger charge is -2.32. The number of benzene rings is 1. The summed E-state index contributed by atoms with van der Waals surface area (Å²) in [5.74, 6) is -1.50. The average Bonchev–Trinajstić information content (AvgIpc) is 2.89. The van der Waals surface area contributed by atoms with Crippen molar-refractivity contribution in [1.29, 1.82) is 0 Å². The SMILES string of the molecule is CC(C)N1C(=O)C[C@@H](c2ccc(F)cc2)[C@@H]1CC[C@H](O)C[C@@H](O)CC(=O)O. The van der Waals surface area contributed by atoms with Gasteiger partial charge in [-0.1, -0.05) is 12.1 Å². The normalized spacial score (nSPS) is 22.3. The highest BCUT2D eigenvalue weighted by molar-refractivity contribution is 5.80. The molecule has 0 aromatic heterocycles. The van der Waals surface area contributed by atoms with E-state index in [-0.39, 0.29) is 36.1 Å². The van der Waals surface area contributed by atoms with Gasteiger partial charge in [-0.25, -0.2) is 4.39 Å². The van der Waals surface area contributed by atoms with Crippen molar-refractivity contribution in [2.45, 2.75) is 76.2 Å². The first-order valence-corrected chi connectivity index (χ1v) is 9.33. The molecule has 1 saturated heterocycles. The van der Waals surface area contributed by atoms with Crippen LogP contribution in [0.25, 0.3) is 0 Å². The Kier molecular flexibility index (Phi) is 7.33. The molecule has 2 rings (SSSR count). The molecule has 150 valence electrons. The fourth-order valence-electron chi connectivity index (χ4n) is 3.95. The lowest BCUT2D eigenvalue weighted by atomic mass is 9.87. The Morgan fingerprint density at radius 1 is 1.22 bits per heavy atom. The Bertz CT molecular complexity index is 648. The minimum atomic E-state index is -1.11. The highest BCUT2D eigenvalue weighted by atomic mass is 19.1. The van der Waals surface area contributed by atoms with Crippen LogP contribution in [-0.4, -0.2) is 56.4 Å². The van der Waals surface area contributed by atoms with Gasteiger partial charge in [0.1, 0.15) is 5.82 Å². The lowest BCUT2D eigenvalue weighted by molar-refractivity contribution is -0.139. The fourth-order valence-corrected chi connectivity index (χ4v) is 3.95. The van der Waals surface area contributed by atoms with Gasteiger partial charge in [0.25, 0.3) is 0 Å². The van der Waals surface area contributed by atoms with Crippen LogP contribution in [0.1, 0.15) is 57.4 Å². The van der Waals surface area contributed by atoms with E-state index in [4.69, 9.17) is 5.11 Å². The second-order valence-corrected chi connectivity index (χ2v) is 7.54. The molecule has 3 N–H and O–H groups in total. The van der Waals surface area contributed by atoms with Crippen molar-refractivity contribution >= 4 is 11.9 Å². The van der Waals surface area contributed by atoms with Gasteiger partial charge in [0.05, 0.1) is 18.6 Å². The molecular formula is C20H28FNO5. The number of rotatable bonds is 9. The maximum absolute atomic E-state index is 13.2. The molecular weight excluding hydrogens is 353 g/mol. The Morgan fingerprint density at radius 3 is 2.41 bits per heavy atom. The molecule has 7 heteroatoms. The number of halogens is 1. The van der Waals surface area contributed by atoms with E-state index in [1.54, 1.807) is 12.1 Å². The van der Waals surface area contributed by atoms with E-state index >= 15 is 0 Å². The van der Waals surface area contributed by atoms with E-state index in [1.165, 1.54) is 12.1 Å². The molecule has 0 bridgehead atoms. The molecule has 1 amide bonds. The Hall–Kier alpha value is -1.99. The van der Waals surface area contributed by atoms with Crippen LogP contribution in [0.15, 0.2) is 24.3 Å². The predicted molar refractivity (Wildman–Crippen MR) is 97.6 cm³/mol. The molecule has 0 spiro atoms. The number of hydrogen-bond donors (Lipinski definition) is 3. The highest BCUT2D eigenvalue weighted by Gasteiger charge is 2.41. The molecule has 4 atom stereocenters. The minimum absolute atomic E-state index is 0.00249. The zero-order valence-corrected chi connectivity index (χ0v) is 15.7. The van der Waals surface area contributed by atoms with Crippen molar-refractivity contribution in [3.05, 3.63) is 35.6 Å². The summed E-state index contributed by atoms with van der Waals surface area (Å²) >= 11 is 0. The molecule has 0 aliphatic carbocycles. The van der Waals surface area contributed by atoms with Crippen LogP contribution in [0.3, 0.4) is 0 Å². The number of carboxylic acid groups (broad SMARTS) is 1. The second-order valence-electron chi connectivity index (χ2n) is 7.54. The highest BCUT2D eigenvalue weighted by Crippen LogP contribution is 2.38. The minimum Gasteiger partial charge on any atom is -0.481 e. The molecule has 27 heavy (non-hydrogen) atoms. The molecule has 1 aliphatic rings. The zero-order chi connectivity index (χ0) is 20.1. The molecule has 1 fully saturated rings. The number of aliphatic carboxylic acids is 1. The largest absolute Gasteiger partial charge is 0.481 e. The molecule has 1 aromatic carbocycles. The number of aliphatic hydroxyl groups is 2. The van der Waals surface area contributed by atoms with E-state index in [2.05, 4.69) is 0 Å². The van der Waals surface area contributed by atoms with Crippen LogP contribution in [0.4, 0.5) is 4.39 Å². The van der Waals surface area contributed by atoms with Gasteiger partial charge >= 0.3 is 5.97 Å². The number of carbonyl (C=O) groups is 2.